The minimum atomic E-state index is 0.0748. The average molecular weight is 261 g/mol. The first-order valence-electron chi connectivity index (χ1n) is 6.83. The van der Waals surface area contributed by atoms with Gasteiger partial charge in [0.2, 0.25) is 0 Å². The number of nitrogens with one attached hydrogen (secondary N) is 1. The molecule has 3 rings (SSSR count). The van der Waals surface area contributed by atoms with Crippen molar-refractivity contribution < 1.29 is 4.74 Å². The second-order valence-corrected chi connectivity index (χ2v) is 4.82. The lowest BCUT2D eigenvalue weighted by molar-refractivity contribution is -0.0298. The maximum Gasteiger partial charge on any atom is 0.165 e. The number of fused-ring (bicyclic) bond motifs is 1. The fourth-order valence-corrected chi connectivity index (χ4v) is 2.48. The molecule has 2 aromatic heterocycles. The number of ether oxygens (including phenoxy) is 1. The fourth-order valence-electron chi connectivity index (χ4n) is 2.48. The molecule has 0 bridgehead atoms. The van der Waals surface area contributed by atoms with Gasteiger partial charge < -0.3 is 10.1 Å². The molecule has 1 unspecified atom stereocenters. The maximum absolute atomic E-state index is 5.80. The van der Waals surface area contributed by atoms with E-state index in [1.807, 2.05) is 17.9 Å². The largest absolute Gasteiger partial charge is 0.358 e. The molecule has 102 valence electrons. The Morgan fingerprint density at radius 2 is 2.32 bits per heavy atom. The van der Waals surface area contributed by atoms with Gasteiger partial charge in [0.15, 0.2) is 5.65 Å². The van der Waals surface area contributed by atoms with Gasteiger partial charge >= 0.3 is 0 Å². The van der Waals surface area contributed by atoms with Crippen molar-refractivity contribution in [1.82, 2.24) is 24.8 Å². The number of rotatable bonds is 4. The van der Waals surface area contributed by atoms with E-state index in [1.165, 1.54) is 6.42 Å². The smallest absolute Gasteiger partial charge is 0.165 e. The van der Waals surface area contributed by atoms with Crippen molar-refractivity contribution in [3.63, 3.8) is 0 Å². The van der Waals surface area contributed by atoms with Gasteiger partial charge in [-0.15, -0.1) is 0 Å². The topological polar surface area (TPSA) is 64.9 Å². The van der Waals surface area contributed by atoms with Crippen LogP contribution in [0.1, 0.15) is 31.2 Å². The molecular formula is C13H19N5O. The van der Waals surface area contributed by atoms with E-state index < -0.39 is 0 Å². The Balaban J connectivity index is 1.94. The van der Waals surface area contributed by atoms with E-state index in [0.717, 1.165) is 49.3 Å². The van der Waals surface area contributed by atoms with E-state index in [2.05, 4.69) is 20.3 Å². The maximum atomic E-state index is 5.80. The van der Waals surface area contributed by atoms with Crippen LogP contribution in [0.5, 0.6) is 0 Å². The lowest BCUT2D eigenvalue weighted by Crippen LogP contribution is -2.18. The van der Waals surface area contributed by atoms with Gasteiger partial charge in [-0.2, -0.15) is 0 Å². The van der Waals surface area contributed by atoms with Gasteiger partial charge in [0.05, 0.1) is 12.0 Å². The van der Waals surface area contributed by atoms with Gasteiger partial charge in [0.25, 0.3) is 0 Å². The molecule has 0 aromatic carbocycles. The summed E-state index contributed by atoms with van der Waals surface area (Å²) in [5.41, 5.74) is 2.77. The van der Waals surface area contributed by atoms with Crippen LogP contribution in [-0.2, 0) is 11.2 Å². The van der Waals surface area contributed by atoms with Crippen molar-refractivity contribution in [3.05, 3.63) is 18.3 Å². The SMILES string of the molecule is CNCCc1ncnc2c1ncn2C1CCCCO1. The second-order valence-electron chi connectivity index (χ2n) is 4.82. The van der Waals surface area contributed by atoms with Crippen molar-refractivity contribution in [2.45, 2.75) is 31.9 Å². The van der Waals surface area contributed by atoms with Crippen molar-refractivity contribution in [1.29, 1.82) is 0 Å². The summed E-state index contributed by atoms with van der Waals surface area (Å²) in [5.74, 6) is 0. The summed E-state index contributed by atoms with van der Waals surface area (Å²) in [6.45, 7) is 1.71. The quantitative estimate of drug-likeness (QED) is 0.898. The Morgan fingerprint density at radius 3 is 3.11 bits per heavy atom. The van der Waals surface area contributed by atoms with Gasteiger partial charge in [0.1, 0.15) is 18.1 Å². The van der Waals surface area contributed by atoms with Crippen molar-refractivity contribution >= 4 is 11.2 Å². The number of nitrogens with zero attached hydrogens (tertiary/aromatic N) is 4. The zero-order chi connectivity index (χ0) is 13.1. The molecule has 1 atom stereocenters. The summed E-state index contributed by atoms with van der Waals surface area (Å²) in [7, 11) is 1.94. The molecule has 0 spiro atoms. The summed E-state index contributed by atoms with van der Waals surface area (Å²) in [5, 5.41) is 3.13. The molecule has 1 saturated heterocycles. The van der Waals surface area contributed by atoms with E-state index in [1.54, 1.807) is 6.33 Å². The first-order valence-corrected chi connectivity index (χ1v) is 6.83. The zero-order valence-corrected chi connectivity index (χ0v) is 11.2. The third kappa shape index (κ3) is 2.46. The molecule has 1 aliphatic heterocycles. The average Bonchev–Trinajstić information content (AvgIpc) is 2.90. The highest BCUT2D eigenvalue weighted by Gasteiger charge is 2.19. The number of hydrogen-bond acceptors (Lipinski definition) is 5. The lowest BCUT2D eigenvalue weighted by Gasteiger charge is -2.23. The Hall–Kier alpha value is -1.53. The van der Waals surface area contributed by atoms with E-state index in [9.17, 15) is 0 Å². The van der Waals surface area contributed by atoms with Crippen LogP contribution in [-0.4, -0.2) is 39.7 Å². The summed E-state index contributed by atoms with van der Waals surface area (Å²) in [6, 6.07) is 0. The minimum absolute atomic E-state index is 0.0748. The molecule has 6 heteroatoms. The molecule has 1 N–H and O–H groups in total. The summed E-state index contributed by atoms with van der Waals surface area (Å²) < 4.78 is 7.84. The van der Waals surface area contributed by atoms with E-state index >= 15 is 0 Å². The molecule has 0 saturated carbocycles. The van der Waals surface area contributed by atoms with Crippen LogP contribution < -0.4 is 5.32 Å². The molecular weight excluding hydrogens is 242 g/mol. The Morgan fingerprint density at radius 1 is 1.37 bits per heavy atom. The number of hydrogen-bond donors (Lipinski definition) is 1. The van der Waals surface area contributed by atoms with Crippen LogP contribution in [0.25, 0.3) is 11.2 Å². The van der Waals surface area contributed by atoms with Crippen LogP contribution >= 0.6 is 0 Å². The highest BCUT2D eigenvalue weighted by molar-refractivity contribution is 5.73. The molecule has 0 radical (unpaired) electrons. The molecule has 1 aliphatic rings. The summed E-state index contributed by atoms with van der Waals surface area (Å²) in [6.07, 6.45) is 7.75. The van der Waals surface area contributed by atoms with Gasteiger partial charge in [-0.1, -0.05) is 0 Å². The van der Waals surface area contributed by atoms with Gasteiger partial charge in [-0.25, -0.2) is 15.0 Å². The lowest BCUT2D eigenvalue weighted by atomic mass is 10.2. The summed E-state index contributed by atoms with van der Waals surface area (Å²) in [4.78, 5) is 13.2. The molecule has 19 heavy (non-hydrogen) atoms. The van der Waals surface area contributed by atoms with E-state index in [-0.39, 0.29) is 6.23 Å². The standard InChI is InChI=1S/C13H19N5O/c1-14-6-5-10-12-13(16-8-15-10)18(9-17-12)11-4-2-3-7-19-11/h8-9,11,14H,2-7H2,1H3. The van der Waals surface area contributed by atoms with Gasteiger partial charge in [-0.3, -0.25) is 4.57 Å². The first kappa shape index (κ1) is 12.5. The van der Waals surface area contributed by atoms with Gasteiger partial charge in [0, 0.05) is 19.6 Å². The van der Waals surface area contributed by atoms with Crippen LogP contribution in [0.2, 0.25) is 0 Å². The van der Waals surface area contributed by atoms with Gasteiger partial charge in [-0.05, 0) is 26.3 Å². The van der Waals surface area contributed by atoms with Crippen molar-refractivity contribution in [2.24, 2.45) is 0 Å². The Kier molecular flexibility index (Phi) is 3.70. The third-order valence-electron chi connectivity index (χ3n) is 3.51. The number of likely N-dealkylation sites (N-methyl/N-ethyl adjacent to an activating group) is 1. The number of aromatic nitrogens is 4. The Bertz CT molecular complexity index is 547. The normalized spacial score (nSPS) is 19.9. The van der Waals surface area contributed by atoms with Crippen molar-refractivity contribution in [3.8, 4) is 0 Å². The fraction of sp³-hybridized carbons (Fsp3) is 0.615. The third-order valence-corrected chi connectivity index (χ3v) is 3.51. The predicted molar refractivity (Wildman–Crippen MR) is 71.8 cm³/mol. The molecule has 3 heterocycles. The molecule has 2 aromatic rings. The summed E-state index contributed by atoms with van der Waals surface area (Å²) >= 11 is 0. The molecule has 0 aliphatic carbocycles. The highest BCUT2D eigenvalue weighted by atomic mass is 16.5. The van der Waals surface area contributed by atoms with Crippen LogP contribution in [0.3, 0.4) is 0 Å². The highest BCUT2D eigenvalue weighted by Crippen LogP contribution is 2.25. The van der Waals surface area contributed by atoms with E-state index in [4.69, 9.17) is 4.74 Å². The Labute approximate surface area is 112 Å². The number of imidazole rings is 1. The molecule has 6 nitrogen and oxygen atoms in total. The van der Waals surface area contributed by atoms with E-state index in [0.29, 0.717) is 0 Å². The van der Waals surface area contributed by atoms with Crippen LogP contribution in [0, 0.1) is 0 Å². The zero-order valence-electron chi connectivity index (χ0n) is 11.2. The van der Waals surface area contributed by atoms with Crippen LogP contribution in [0.4, 0.5) is 0 Å². The van der Waals surface area contributed by atoms with Crippen molar-refractivity contribution in [2.75, 3.05) is 20.2 Å². The minimum Gasteiger partial charge on any atom is -0.358 e. The first-order chi connectivity index (χ1) is 9.40. The monoisotopic (exact) mass is 261 g/mol. The van der Waals surface area contributed by atoms with Crippen LogP contribution in [0.15, 0.2) is 12.7 Å². The molecule has 1 fully saturated rings. The predicted octanol–water partition coefficient (Wildman–Crippen LogP) is 1.29. The second kappa shape index (κ2) is 5.63. The molecule has 0 amide bonds.